The molecule has 1 saturated carbocycles. The van der Waals surface area contributed by atoms with Crippen molar-refractivity contribution in [1.82, 2.24) is 9.97 Å². The Morgan fingerprint density at radius 3 is 2.80 bits per heavy atom. The van der Waals surface area contributed by atoms with Gasteiger partial charge in [0.25, 0.3) is 0 Å². The summed E-state index contributed by atoms with van der Waals surface area (Å²) in [5, 5.41) is 0. The van der Waals surface area contributed by atoms with Gasteiger partial charge in [-0.25, -0.2) is 4.98 Å². The van der Waals surface area contributed by atoms with Crippen LogP contribution in [0.25, 0.3) is 11.0 Å². The molecule has 0 unspecified atom stereocenters. The Balaban J connectivity index is 2.20. The average molecular weight is 200 g/mol. The van der Waals surface area contributed by atoms with Gasteiger partial charge < -0.3 is 4.98 Å². The maximum Gasteiger partial charge on any atom is 0.109 e. The highest BCUT2D eigenvalue weighted by molar-refractivity contribution is 5.79. The average Bonchev–Trinajstić information content (AvgIpc) is 2.95. The molecule has 0 saturated heterocycles. The molecule has 15 heavy (non-hydrogen) atoms. The Hall–Kier alpha value is -1.31. The minimum Gasteiger partial charge on any atom is -0.342 e. The van der Waals surface area contributed by atoms with Gasteiger partial charge in [0.2, 0.25) is 0 Å². The summed E-state index contributed by atoms with van der Waals surface area (Å²) in [6, 6.07) is 6.49. The minimum atomic E-state index is 0.476. The van der Waals surface area contributed by atoms with E-state index in [0.29, 0.717) is 5.92 Å². The predicted molar refractivity (Wildman–Crippen MR) is 62.2 cm³/mol. The second kappa shape index (κ2) is 3.09. The molecule has 78 valence electrons. The molecule has 1 aliphatic rings. The van der Waals surface area contributed by atoms with E-state index in [1.165, 1.54) is 29.4 Å². The number of para-hydroxylation sites is 1. The number of rotatable bonds is 2. The number of hydrogen-bond acceptors (Lipinski definition) is 1. The van der Waals surface area contributed by atoms with Crippen LogP contribution in [0.4, 0.5) is 0 Å². The van der Waals surface area contributed by atoms with Crippen molar-refractivity contribution in [2.45, 2.75) is 38.5 Å². The smallest absolute Gasteiger partial charge is 0.109 e. The lowest BCUT2D eigenvalue weighted by molar-refractivity contribution is 0.798. The Labute approximate surface area is 89.7 Å². The van der Waals surface area contributed by atoms with Crippen LogP contribution in [0.1, 0.15) is 49.9 Å². The number of nitrogens with one attached hydrogen (secondary N) is 1. The molecule has 1 aliphatic carbocycles. The highest BCUT2D eigenvalue weighted by Gasteiger charge is 2.26. The molecular formula is C13H16N2. The summed E-state index contributed by atoms with van der Waals surface area (Å²) in [6.07, 6.45) is 2.67. The van der Waals surface area contributed by atoms with Crippen LogP contribution >= 0.6 is 0 Å². The van der Waals surface area contributed by atoms with Crippen LogP contribution in [0.2, 0.25) is 0 Å². The van der Waals surface area contributed by atoms with E-state index in [9.17, 15) is 0 Å². The summed E-state index contributed by atoms with van der Waals surface area (Å²) in [5.41, 5.74) is 3.84. The number of H-pyrrole nitrogens is 1. The standard InChI is InChI=1S/C13H16N2/c1-8(2)13-14-11-5-3-4-10(9-6-7-9)12(11)15-13/h3-5,8-9H,6-7H2,1-2H3,(H,14,15). The van der Waals surface area contributed by atoms with Crippen molar-refractivity contribution in [3.8, 4) is 0 Å². The van der Waals surface area contributed by atoms with E-state index < -0.39 is 0 Å². The lowest BCUT2D eigenvalue weighted by atomic mass is 10.1. The molecule has 2 aromatic rings. The zero-order chi connectivity index (χ0) is 10.4. The first-order valence-electron chi connectivity index (χ1n) is 5.74. The first-order chi connectivity index (χ1) is 7.25. The fraction of sp³-hybridized carbons (Fsp3) is 0.462. The molecule has 0 atom stereocenters. The zero-order valence-corrected chi connectivity index (χ0v) is 9.25. The van der Waals surface area contributed by atoms with Crippen LogP contribution in [-0.2, 0) is 0 Å². The van der Waals surface area contributed by atoms with Gasteiger partial charge in [-0.3, -0.25) is 0 Å². The van der Waals surface area contributed by atoms with Crippen LogP contribution in [0.15, 0.2) is 18.2 Å². The summed E-state index contributed by atoms with van der Waals surface area (Å²) >= 11 is 0. The maximum absolute atomic E-state index is 4.72. The van der Waals surface area contributed by atoms with Crippen molar-refractivity contribution in [1.29, 1.82) is 0 Å². The van der Waals surface area contributed by atoms with Gasteiger partial charge in [-0.2, -0.15) is 0 Å². The molecule has 1 N–H and O–H groups in total. The van der Waals surface area contributed by atoms with Crippen molar-refractivity contribution in [3.05, 3.63) is 29.6 Å². The van der Waals surface area contributed by atoms with E-state index in [4.69, 9.17) is 4.98 Å². The summed E-state index contributed by atoms with van der Waals surface area (Å²) < 4.78 is 0. The molecule has 0 bridgehead atoms. The minimum absolute atomic E-state index is 0.476. The Morgan fingerprint density at radius 2 is 2.13 bits per heavy atom. The molecule has 2 nitrogen and oxygen atoms in total. The fourth-order valence-corrected chi connectivity index (χ4v) is 2.07. The van der Waals surface area contributed by atoms with Crippen molar-refractivity contribution < 1.29 is 0 Å². The molecule has 2 heteroatoms. The van der Waals surface area contributed by atoms with Crippen LogP contribution in [0.3, 0.4) is 0 Å². The third-order valence-corrected chi connectivity index (χ3v) is 3.13. The third-order valence-electron chi connectivity index (χ3n) is 3.13. The van der Waals surface area contributed by atoms with Crippen LogP contribution < -0.4 is 0 Å². The van der Waals surface area contributed by atoms with E-state index in [2.05, 4.69) is 37.0 Å². The topological polar surface area (TPSA) is 28.7 Å². The third kappa shape index (κ3) is 1.44. The summed E-state index contributed by atoms with van der Waals surface area (Å²) in [5.74, 6) is 2.36. The lowest BCUT2D eigenvalue weighted by Gasteiger charge is -1.97. The second-order valence-corrected chi connectivity index (χ2v) is 4.79. The number of nitrogens with zero attached hydrogens (tertiary/aromatic N) is 1. The van der Waals surface area contributed by atoms with E-state index in [-0.39, 0.29) is 0 Å². The summed E-state index contributed by atoms with van der Waals surface area (Å²) in [4.78, 5) is 8.12. The normalized spacial score (nSPS) is 16.5. The van der Waals surface area contributed by atoms with Crippen molar-refractivity contribution in [2.75, 3.05) is 0 Å². The highest BCUT2D eigenvalue weighted by atomic mass is 14.9. The molecule has 3 rings (SSSR count). The van der Waals surface area contributed by atoms with Crippen molar-refractivity contribution in [3.63, 3.8) is 0 Å². The first kappa shape index (κ1) is 8.96. The van der Waals surface area contributed by atoms with Gasteiger partial charge >= 0.3 is 0 Å². The molecule has 0 aliphatic heterocycles. The predicted octanol–water partition coefficient (Wildman–Crippen LogP) is 3.56. The Kier molecular flexibility index (Phi) is 1.84. The van der Waals surface area contributed by atoms with Crippen LogP contribution in [0, 0.1) is 0 Å². The monoisotopic (exact) mass is 200 g/mol. The molecule has 1 aromatic carbocycles. The van der Waals surface area contributed by atoms with E-state index >= 15 is 0 Å². The van der Waals surface area contributed by atoms with Gasteiger partial charge in [0, 0.05) is 5.92 Å². The van der Waals surface area contributed by atoms with E-state index in [1.807, 2.05) is 0 Å². The van der Waals surface area contributed by atoms with Crippen molar-refractivity contribution in [2.24, 2.45) is 0 Å². The SMILES string of the molecule is CC(C)c1nc2c(C3CC3)cccc2[nH]1. The van der Waals surface area contributed by atoms with Crippen LogP contribution in [0.5, 0.6) is 0 Å². The number of aromatic amines is 1. The molecule has 0 spiro atoms. The molecule has 0 amide bonds. The number of imidazole rings is 1. The van der Waals surface area contributed by atoms with Gasteiger partial charge in [0.1, 0.15) is 5.82 Å². The van der Waals surface area contributed by atoms with Gasteiger partial charge in [0.15, 0.2) is 0 Å². The quantitative estimate of drug-likeness (QED) is 0.788. The summed E-state index contributed by atoms with van der Waals surface area (Å²) in [6.45, 7) is 4.35. The molecular weight excluding hydrogens is 184 g/mol. The van der Waals surface area contributed by atoms with Gasteiger partial charge in [0.05, 0.1) is 11.0 Å². The number of aromatic nitrogens is 2. The highest BCUT2D eigenvalue weighted by Crippen LogP contribution is 2.42. The van der Waals surface area contributed by atoms with Crippen LogP contribution in [-0.4, -0.2) is 9.97 Å². The molecule has 1 aromatic heterocycles. The zero-order valence-electron chi connectivity index (χ0n) is 9.25. The first-order valence-corrected chi connectivity index (χ1v) is 5.74. The fourth-order valence-electron chi connectivity index (χ4n) is 2.07. The largest absolute Gasteiger partial charge is 0.342 e. The number of benzene rings is 1. The lowest BCUT2D eigenvalue weighted by Crippen LogP contribution is -1.88. The Morgan fingerprint density at radius 1 is 1.33 bits per heavy atom. The molecule has 1 fully saturated rings. The summed E-state index contributed by atoms with van der Waals surface area (Å²) in [7, 11) is 0. The van der Waals surface area contributed by atoms with E-state index in [0.717, 1.165) is 11.7 Å². The van der Waals surface area contributed by atoms with E-state index in [1.54, 1.807) is 0 Å². The van der Waals surface area contributed by atoms with Crippen molar-refractivity contribution >= 4 is 11.0 Å². The van der Waals surface area contributed by atoms with Gasteiger partial charge in [-0.05, 0) is 30.4 Å². The Bertz CT molecular complexity index is 492. The van der Waals surface area contributed by atoms with Gasteiger partial charge in [-0.15, -0.1) is 0 Å². The molecule has 1 heterocycles. The number of hydrogen-bond donors (Lipinski definition) is 1. The van der Waals surface area contributed by atoms with Gasteiger partial charge in [-0.1, -0.05) is 26.0 Å². The molecule has 0 radical (unpaired) electrons. The number of fused-ring (bicyclic) bond motifs is 1. The second-order valence-electron chi connectivity index (χ2n) is 4.79. The maximum atomic E-state index is 4.72.